The minimum absolute atomic E-state index is 0.154. The van der Waals surface area contributed by atoms with Gasteiger partial charge in [0.1, 0.15) is 5.41 Å². The van der Waals surface area contributed by atoms with Crippen LogP contribution in [-0.2, 0) is 14.3 Å². The molecular weight excluding hydrogens is 318 g/mol. The van der Waals surface area contributed by atoms with Gasteiger partial charge in [-0.05, 0) is 39.8 Å². The molecule has 6 heteroatoms. The fourth-order valence-electron chi connectivity index (χ4n) is 2.94. The van der Waals surface area contributed by atoms with Gasteiger partial charge in [0.2, 0.25) is 11.8 Å². The number of hydrogen-bond donors (Lipinski definition) is 1. The van der Waals surface area contributed by atoms with Crippen LogP contribution in [0.2, 0.25) is 0 Å². The minimum atomic E-state index is -1.12. The van der Waals surface area contributed by atoms with Gasteiger partial charge in [-0.15, -0.1) is 0 Å². The molecule has 1 N–H and O–H groups in total. The summed E-state index contributed by atoms with van der Waals surface area (Å²) in [6, 6.07) is 7.70. The number of rotatable bonds is 6. The van der Waals surface area contributed by atoms with E-state index in [1.807, 2.05) is 38.1 Å². The lowest BCUT2D eigenvalue weighted by molar-refractivity contribution is -0.146. The average Bonchev–Trinajstić information content (AvgIpc) is 2.63. The second kappa shape index (κ2) is 8.34. The molecule has 1 aromatic rings. The third-order valence-electron chi connectivity index (χ3n) is 4.66. The first-order valence-electron chi connectivity index (χ1n) is 8.94. The monoisotopic (exact) mass is 347 g/mol. The third-order valence-corrected chi connectivity index (χ3v) is 4.66. The van der Waals surface area contributed by atoms with Crippen LogP contribution in [-0.4, -0.2) is 56.1 Å². The molecule has 2 amide bonds. The van der Waals surface area contributed by atoms with Crippen LogP contribution in [0, 0.1) is 5.41 Å². The lowest BCUT2D eigenvalue weighted by atomic mass is 9.90. The molecule has 6 nitrogen and oxygen atoms in total. The van der Waals surface area contributed by atoms with Gasteiger partial charge in [-0.1, -0.05) is 12.1 Å². The van der Waals surface area contributed by atoms with E-state index in [9.17, 15) is 9.59 Å². The molecule has 25 heavy (non-hydrogen) atoms. The summed E-state index contributed by atoms with van der Waals surface area (Å²) >= 11 is 0. The summed E-state index contributed by atoms with van der Waals surface area (Å²) in [5, 5.41) is 2.96. The van der Waals surface area contributed by atoms with E-state index in [4.69, 9.17) is 4.74 Å². The average molecular weight is 347 g/mol. The second-order valence-corrected chi connectivity index (χ2v) is 6.67. The third kappa shape index (κ3) is 4.31. The van der Waals surface area contributed by atoms with Crippen LogP contribution in [0.3, 0.4) is 0 Å². The zero-order chi connectivity index (χ0) is 18.4. The predicted molar refractivity (Wildman–Crippen MR) is 99.8 cm³/mol. The molecule has 0 unspecified atom stereocenters. The molecule has 138 valence electrons. The van der Waals surface area contributed by atoms with Gasteiger partial charge in [0.15, 0.2) is 0 Å². The van der Waals surface area contributed by atoms with Crippen LogP contribution in [0.1, 0.15) is 27.7 Å². The number of hydrogen-bond acceptors (Lipinski definition) is 4. The normalized spacial score (nSPS) is 15.0. The number of carbonyl (C=O) groups excluding carboxylic acids is 2. The first-order chi connectivity index (χ1) is 11.9. The Bertz CT molecular complexity index is 606. The predicted octanol–water partition coefficient (Wildman–Crippen LogP) is 2.36. The molecule has 0 atom stereocenters. The smallest absolute Gasteiger partial charge is 0.239 e. The zero-order valence-corrected chi connectivity index (χ0v) is 15.7. The van der Waals surface area contributed by atoms with Crippen molar-refractivity contribution in [1.29, 1.82) is 0 Å². The first kappa shape index (κ1) is 19.2. The number of carbonyl (C=O) groups is 2. The Hall–Kier alpha value is -2.08. The fourth-order valence-corrected chi connectivity index (χ4v) is 2.94. The van der Waals surface area contributed by atoms with Gasteiger partial charge >= 0.3 is 0 Å². The molecule has 2 rings (SSSR count). The topological polar surface area (TPSA) is 61.9 Å². The summed E-state index contributed by atoms with van der Waals surface area (Å²) in [4.78, 5) is 29.4. The summed E-state index contributed by atoms with van der Waals surface area (Å²) in [5.74, 6) is -0.441. The van der Waals surface area contributed by atoms with Gasteiger partial charge in [0.05, 0.1) is 24.6 Å². The van der Waals surface area contributed by atoms with Gasteiger partial charge < -0.3 is 19.9 Å². The first-order valence-corrected chi connectivity index (χ1v) is 8.94. The second-order valence-electron chi connectivity index (χ2n) is 6.67. The molecule has 0 radical (unpaired) electrons. The molecular formula is C19H29N3O3. The van der Waals surface area contributed by atoms with Crippen LogP contribution < -0.4 is 10.2 Å². The van der Waals surface area contributed by atoms with Crippen molar-refractivity contribution in [3.8, 4) is 0 Å². The molecule has 0 spiro atoms. The van der Waals surface area contributed by atoms with E-state index in [1.54, 1.807) is 18.7 Å². The molecule has 1 aromatic carbocycles. The van der Waals surface area contributed by atoms with Crippen molar-refractivity contribution in [2.45, 2.75) is 27.7 Å². The molecule has 1 saturated heterocycles. The standard InChI is InChI=1S/C19H29N3O3/c1-5-21(6-2)18(24)19(3,4)17(23)20-15-9-7-8-10-16(15)22-11-13-25-14-12-22/h7-10H,5-6,11-14H2,1-4H3,(H,20,23). The van der Waals surface area contributed by atoms with Crippen LogP contribution in [0.25, 0.3) is 0 Å². The Morgan fingerprint density at radius 1 is 1.16 bits per heavy atom. The SMILES string of the molecule is CCN(CC)C(=O)C(C)(C)C(=O)Nc1ccccc1N1CCOCC1. The number of para-hydroxylation sites is 2. The molecule has 0 saturated carbocycles. The molecule has 0 aromatic heterocycles. The van der Waals surface area contributed by atoms with Gasteiger partial charge in [-0.2, -0.15) is 0 Å². The Morgan fingerprint density at radius 3 is 2.36 bits per heavy atom. The summed E-state index contributed by atoms with van der Waals surface area (Å²) < 4.78 is 5.40. The Morgan fingerprint density at radius 2 is 1.76 bits per heavy atom. The lowest BCUT2D eigenvalue weighted by Crippen LogP contribution is -2.47. The van der Waals surface area contributed by atoms with E-state index in [1.165, 1.54) is 0 Å². The summed E-state index contributed by atoms with van der Waals surface area (Å²) in [5.41, 5.74) is 0.574. The molecule has 0 bridgehead atoms. The quantitative estimate of drug-likeness (QED) is 0.803. The number of anilines is 2. The molecule has 1 aliphatic heterocycles. The van der Waals surface area contributed by atoms with Crippen molar-refractivity contribution in [3.05, 3.63) is 24.3 Å². The maximum absolute atomic E-state index is 12.8. The lowest BCUT2D eigenvalue weighted by Gasteiger charge is -2.32. The minimum Gasteiger partial charge on any atom is -0.378 e. The van der Waals surface area contributed by atoms with Crippen molar-refractivity contribution in [2.24, 2.45) is 5.41 Å². The van der Waals surface area contributed by atoms with Gasteiger partial charge in [0, 0.05) is 26.2 Å². The summed E-state index contributed by atoms with van der Waals surface area (Å²) in [6.07, 6.45) is 0. The fraction of sp³-hybridized carbons (Fsp3) is 0.579. The van der Waals surface area contributed by atoms with E-state index in [2.05, 4.69) is 10.2 Å². The summed E-state index contributed by atoms with van der Waals surface area (Å²) in [7, 11) is 0. The highest BCUT2D eigenvalue weighted by atomic mass is 16.5. The van der Waals surface area contributed by atoms with Crippen molar-refractivity contribution in [2.75, 3.05) is 49.6 Å². The molecule has 0 aliphatic carbocycles. The number of benzene rings is 1. The highest BCUT2D eigenvalue weighted by Crippen LogP contribution is 2.29. The van der Waals surface area contributed by atoms with E-state index in [-0.39, 0.29) is 11.8 Å². The maximum atomic E-state index is 12.8. The van der Waals surface area contributed by atoms with Crippen molar-refractivity contribution in [3.63, 3.8) is 0 Å². The van der Waals surface area contributed by atoms with E-state index < -0.39 is 5.41 Å². The van der Waals surface area contributed by atoms with Crippen LogP contribution >= 0.6 is 0 Å². The highest BCUT2D eigenvalue weighted by Gasteiger charge is 2.38. The van der Waals surface area contributed by atoms with Gasteiger partial charge in [-0.25, -0.2) is 0 Å². The van der Waals surface area contributed by atoms with Gasteiger partial charge in [-0.3, -0.25) is 9.59 Å². The number of morpholine rings is 1. The van der Waals surface area contributed by atoms with Crippen molar-refractivity contribution < 1.29 is 14.3 Å². The highest BCUT2D eigenvalue weighted by molar-refractivity contribution is 6.10. The van der Waals surface area contributed by atoms with Crippen LogP contribution in [0.4, 0.5) is 11.4 Å². The largest absolute Gasteiger partial charge is 0.378 e. The zero-order valence-electron chi connectivity index (χ0n) is 15.7. The number of nitrogens with one attached hydrogen (secondary N) is 1. The number of nitrogens with zero attached hydrogens (tertiary/aromatic N) is 2. The number of amides is 2. The molecule has 1 heterocycles. The van der Waals surface area contributed by atoms with E-state index in [0.717, 1.165) is 24.5 Å². The Labute approximate surface area is 150 Å². The Balaban J connectivity index is 2.18. The summed E-state index contributed by atoms with van der Waals surface area (Å²) in [6.45, 7) is 11.3. The molecule has 1 fully saturated rings. The van der Waals surface area contributed by atoms with Crippen LogP contribution in [0.15, 0.2) is 24.3 Å². The molecule has 1 aliphatic rings. The van der Waals surface area contributed by atoms with Crippen molar-refractivity contribution in [1.82, 2.24) is 4.90 Å². The maximum Gasteiger partial charge on any atom is 0.239 e. The van der Waals surface area contributed by atoms with Gasteiger partial charge in [0.25, 0.3) is 0 Å². The van der Waals surface area contributed by atoms with E-state index >= 15 is 0 Å². The Kier molecular flexibility index (Phi) is 6.42. The number of ether oxygens (including phenoxy) is 1. The van der Waals surface area contributed by atoms with Crippen molar-refractivity contribution >= 4 is 23.2 Å². The van der Waals surface area contributed by atoms with Crippen LogP contribution in [0.5, 0.6) is 0 Å². The van der Waals surface area contributed by atoms with E-state index in [0.29, 0.717) is 26.3 Å².